The van der Waals surface area contributed by atoms with Crippen LogP contribution in [0.3, 0.4) is 0 Å². The average Bonchev–Trinajstić information content (AvgIpc) is 2.64. The molecule has 3 heteroatoms. The summed E-state index contributed by atoms with van der Waals surface area (Å²) in [6.45, 7) is 2.37. The van der Waals surface area contributed by atoms with Crippen LogP contribution in [0, 0.1) is 71.5 Å². The smallest absolute Gasteiger partial charge is 0.338 e. The number of hydrogen-bond donors (Lipinski definition) is 1. The second-order valence-corrected chi connectivity index (χ2v) is 4.62. The highest BCUT2D eigenvalue weighted by atomic mass is 16.5. The molecule has 1 aromatic carbocycles. The van der Waals surface area contributed by atoms with Crippen molar-refractivity contribution in [1.29, 1.82) is 0 Å². The summed E-state index contributed by atoms with van der Waals surface area (Å²) in [5, 5.41) is 9.80. The number of carbonyl (C=O) groups excluding carboxylic acids is 1. The third-order valence-corrected chi connectivity index (χ3v) is 2.73. The Morgan fingerprint density at radius 3 is 2.27 bits per heavy atom. The third kappa shape index (κ3) is 7.92. The summed E-state index contributed by atoms with van der Waals surface area (Å²) >= 11 is 0. The highest BCUT2D eigenvalue weighted by Crippen LogP contribution is 2.18. The standard InChI is InChI=1S/C23H14O3/c1-3-5-7-8-9-10-11-12-13-14-15-20-19-21(16-17-22(20)24)23(25)26-18-6-4-2/h1,16-17,19,24H,4,6,18H2,2H3/i16+1,17+1,19+1,21+1,22+1. The van der Waals surface area contributed by atoms with Crippen LogP contribution in [0.5, 0.6) is 5.75 Å². The molecule has 0 saturated heterocycles. The van der Waals surface area contributed by atoms with E-state index in [4.69, 9.17) is 11.2 Å². The lowest BCUT2D eigenvalue weighted by Gasteiger charge is -2.05. The number of rotatable bonds is 4. The van der Waals surface area contributed by atoms with Gasteiger partial charge in [0, 0.05) is 0 Å². The zero-order valence-electron chi connectivity index (χ0n) is 14.2. The van der Waals surface area contributed by atoms with Crippen LogP contribution >= 0.6 is 0 Å². The first-order chi connectivity index (χ1) is 12.7. The number of terminal acetylenes is 1. The van der Waals surface area contributed by atoms with Crippen molar-refractivity contribution in [1.82, 2.24) is 0 Å². The van der Waals surface area contributed by atoms with Gasteiger partial charge in [-0.2, -0.15) is 0 Å². The number of carbonyl (C=O) groups is 1. The van der Waals surface area contributed by atoms with Crippen LogP contribution in [-0.4, -0.2) is 17.7 Å². The van der Waals surface area contributed by atoms with Crippen molar-refractivity contribution in [3.63, 3.8) is 0 Å². The second-order valence-electron chi connectivity index (χ2n) is 4.62. The Morgan fingerprint density at radius 1 is 1.04 bits per heavy atom. The van der Waals surface area contributed by atoms with Gasteiger partial charge in [-0.25, -0.2) is 4.79 Å². The number of benzene rings is 1. The molecule has 0 aromatic heterocycles. The average molecular weight is 343 g/mol. The van der Waals surface area contributed by atoms with Gasteiger partial charge in [-0.05, 0) is 89.7 Å². The molecule has 0 aliphatic rings. The van der Waals surface area contributed by atoms with E-state index in [1.807, 2.05) is 6.92 Å². The fourth-order valence-electron chi connectivity index (χ4n) is 1.51. The van der Waals surface area contributed by atoms with Gasteiger partial charge >= 0.3 is 5.97 Å². The van der Waals surface area contributed by atoms with E-state index in [1.54, 1.807) is 0 Å². The van der Waals surface area contributed by atoms with E-state index in [-0.39, 0.29) is 11.3 Å². The minimum atomic E-state index is -0.454. The monoisotopic (exact) mass is 343 g/mol. The van der Waals surface area contributed by atoms with Gasteiger partial charge in [0.25, 0.3) is 0 Å². The lowest BCUT2D eigenvalue weighted by molar-refractivity contribution is 0.0499. The van der Waals surface area contributed by atoms with Gasteiger partial charge in [0.2, 0.25) is 0 Å². The Morgan fingerprint density at radius 2 is 1.65 bits per heavy atom. The van der Waals surface area contributed by atoms with Crippen molar-refractivity contribution in [3.8, 4) is 77.3 Å². The van der Waals surface area contributed by atoms with E-state index in [0.717, 1.165) is 12.8 Å². The fourth-order valence-corrected chi connectivity index (χ4v) is 1.51. The molecule has 0 unspecified atom stereocenters. The number of hydrogen-bond acceptors (Lipinski definition) is 3. The number of ether oxygens (including phenoxy) is 1. The SMILES string of the molecule is C#CC#CC#CC#CC#CC#Cc1[13cH][13c](C(=O)OCCCC)[13cH][13cH][13c]1O. The maximum absolute atomic E-state index is 11.9. The molecule has 0 heterocycles. The lowest BCUT2D eigenvalue weighted by Crippen LogP contribution is -2.06. The molecule has 0 fully saturated rings. The summed E-state index contributed by atoms with van der Waals surface area (Å²) in [5.41, 5.74) is 0.598. The van der Waals surface area contributed by atoms with Crippen LogP contribution in [0.4, 0.5) is 0 Å². The minimum absolute atomic E-state index is 0.0477. The number of phenolic OH excluding ortho intramolecular Hbond substituents is 1. The lowest BCUT2D eigenvalue weighted by atomic mass is 10.4. The first-order valence-electron chi connectivity index (χ1n) is 7.65. The van der Waals surface area contributed by atoms with Crippen molar-refractivity contribution >= 4 is 5.97 Å². The Bertz CT molecular complexity index is 1010. The van der Waals surface area contributed by atoms with Gasteiger partial charge in [0.15, 0.2) is 0 Å². The molecule has 124 valence electrons. The summed E-state index contributed by atoms with van der Waals surface area (Å²) in [5.74, 6) is 26.4. The van der Waals surface area contributed by atoms with Crippen LogP contribution in [-0.2, 0) is 4.74 Å². The van der Waals surface area contributed by atoms with Crippen LogP contribution in [0.15, 0.2) is 18.2 Å². The summed E-state index contributed by atoms with van der Waals surface area (Å²) in [4.78, 5) is 11.9. The molecular formula is C23H14O3. The fraction of sp³-hybridized carbons (Fsp3) is 0.174. The highest BCUT2D eigenvalue weighted by Gasteiger charge is 2.09. The van der Waals surface area contributed by atoms with E-state index in [0.29, 0.717) is 12.2 Å². The second kappa shape index (κ2) is 12.3. The van der Waals surface area contributed by atoms with Crippen molar-refractivity contribution in [2.45, 2.75) is 19.8 Å². The first-order valence-corrected chi connectivity index (χ1v) is 7.65. The van der Waals surface area contributed by atoms with Gasteiger partial charge in [-0.3, -0.25) is 0 Å². The Kier molecular flexibility index (Phi) is 9.41. The molecule has 0 atom stereocenters. The third-order valence-electron chi connectivity index (χ3n) is 2.73. The van der Waals surface area contributed by atoms with E-state index in [2.05, 4.69) is 65.1 Å². The van der Waals surface area contributed by atoms with Gasteiger partial charge < -0.3 is 9.84 Å². The molecule has 0 bridgehead atoms. The molecule has 26 heavy (non-hydrogen) atoms. The number of esters is 1. The van der Waals surface area contributed by atoms with Gasteiger partial charge in [-0.1, -0.05) is 13.3 Å². The minimum Gasteiger partial charge on any atom is -0.507 e. The van der Waals surface area contributed by atoms with Crippen molar-refractivity contribution in [2.75, 3.05) is 6.61 Å². The van der Waals surface area contributed by atoms with Crippen molar-refractivity contribution in [2.24, 2.45) is 0 Å². The van der Waals surface area contributed by atoms with Crippen molar-refractivity contribution < 1.29 is 14.6 Å². The topological polar surface area (TPSA) is 46.5 Å². The van der Waals surface area contributed by atoms with E-state index in [9.17, 15) is 9.90 Å². The quantitative estimate of drug-likeness (QED) is 0.519. The molecule has 1 N–H and O–H groups in total. The normalized spacial score (nSPS) is 7.38. The van der Waals surface area contributed by atoms with E-state index < -0.39 is 5.97 Å². The van der Waals surface area contributed by atoms with Gasteiger partial charge in [0.05, 0.1) is 17.7 Å². The summed E-state index contributed by atoms with van der Waals surface area (Å²) in [6.07, 6.45) is 6.66. The molecule has 0 aliphatic carbocycles. The van der Waals surface area contributed by atoms with Crippen LogP contribution in [0.1, 0.15) is 35.7 Å². The van der Waals surface area contributed by atoms with E-state index >= 15 is 0 Å². The predicted octanol–water partition coefficient (Wildman–Crippen LogP) is 2.35. The van der Waals surface area contributed by atoms with Crippen molar-refractivity contribution in [3.05, 3.63) is 29.3 Å². The maximum atomic E-state index is 11.9. The molecule has 0 amide bonds. The molecule has 0 saturated carbocycles. The molecule has 0 radical (unpaired) electrons. The largest absolute Gasteiger partial charge is 0.507 e. The van der Waals surface area contributed by atoms with Gasteiger partial charge in [-0.15, -0.1) is 6.42 Å². The molecule has 0 aliphatic heterocycles. The maximum Gasteiger partial charge on any atom is 0.338 e. The molecule has 1 rings (SSSR count). The summed E-state index contributed by atoms with van der Waals surface area (Å²) in [6, 6.07) is 4.33. The number of unbranched alkanes of at least 4 members (excludes halogenated alkanes) is 1. The molecular weight excluding hydrogens is 329 g/mol. The number of aromatic hydroxyl groups is 1. The highest BCUT2D eigenvalue weighted by molar-refractivity contribution is 5.90. The summed E-state index contributed by atoms with van der Waals surface area (Å²) in [7, 11) is 0. The Hall–Kier alpha value is -4.15. The summed E-state index contributed by atoms with van der Waals surface area (Å²) < 4.78 is 5.12. The predicted molar refractivity (Wildman–Crippen MR) is 100 cm³/mol. The Labute approximate surface area is 154 Å². The van der Waals surface area contributed by atoms with E-state index in [1.165, 1.54) is 18.2 Å². The Balaban J connectivity index is 2.79. The molecule has 1 aromatic rings. The zero-order valence-corrected chi connectivity index (χ0v) is 14.2. The van der Waals surface area contributed by atoms with Gasteiger partial charge in [0.1, 0.15) is 5.75 Å². The van der Waals surface area contributed by atoms with Crippen LogP contribution in [0.2, 0.25) is 0 Å². The number of phenols is 1. The molecule has 3 nitrogen and oxygen atoms in total. The van der Waals surface area contributed by atoms with Crippen LogP contribution < -0.4 is 0 Å². The molecule has 0 spiro atoms. The first kappa shape index (κ1) is 19.9. The van der Waals surface area contributed by atoms with Crippen LogP contribution in [0.25, 0.3) is 0 Å². The zero-order chi connectivity index (χ0) is 19.0.